The van der Waals surface area contributed by atoms with Gasteiger partial charge >= 0.3 is 12.1 Å². The minimum Gasteiger partial charge on any atom is -0.480 e. The number of methoxy groups -OCH3 is 1. The summed E-state index contributed by atoms with van der Waals surface area (Å²) in [6.07, 6.45) is 1.47. The van der Waals surface area contributed by atoms with Crippen molar-refractivity contribution in [1.82, 2.24) is 24.4 Å². The predicted molar refractivity (Wildman–Crippen MR) is 126 cm³/mol. The first-order valence-electron chi connectivity index (χ1n) is 11.6. The highest BCUT2D eigenvalue weighted by Crippen LogP contribution is 2.34. The molecule has 36 heavy (non-hydrogen) atoms. The van der Waals surface area contributed by atoms with E-state index in [0.29, 0.717) is 55.6 Å². The second-order valence-electron chi connectivity index (χ2n) is 8.76. The van der Waals surface area contributed by atoms with Crippen LogP contribution in [-0.2, 0) is 16.1 Å². The number of ether oxygens (including phenoxy) is 3. The number of nitrogens with zero attached hydrogens (tertiary/aromatic N) is 6. The molecule has 0 aromatic carbocycles. The molecular weight excluding hydrogens is 470 g/mol. The van der Waals surface area contributed by atoms with Crippen LogP contribution in [0.4, 0.5) is 16.4 Å². The van der Waals surface area contributed by atoms with Gasteiger partial charge in [-0.05, 0) is 24.6 Å². The summed E-state index contributed by atoms with van der Waals surface area (Å²) in [4.78, 5) is 53.6. The summed E-state index contributed by atoms with van der Waals surface area (Å²) in [5.74, 6) is 0.862. The second-order valence-corrected chi connectivity index (χ2v) is 8.76. The Kier molecular flexibility index (Phi) is 5.40. The van der Waals surface area contributed by atoms with Crippen LogP contribution in [0.2, 0.25) is 0 Å². The predicted octanol–water partition coefficient (Wildman–Crippen LogP) is 0.626. The molecule has 0 radical (unpaired) electrons. The highest BCUT2D eigenvalue weighted by molar-refractivity contribution is 5.95. The Morgan fingerprint density at radius 3 is 2.89 bits per heavy atom. The van der Waals surface area contributed by atoms with Gasteiger partial charge in [-0.25, -0.2) is 14.8 Å². The minimum atomic E-state index is -0.476. The van der Waals surface area contributed by atoms with Gasteiger partial charge in [0.1, 0.15) is 17.6 Å². The van der Waals surface area contributed by atoms with Crippen LogP contribution in [0, 0.1) is 0 Å². The Balaban J connectivity index is 1.16. The lowest BCUT2D eigenvalue weighted by molar-refractivity contribution is -0.118. The molecule has 3 aliphatic heterocycles. The highest BCUT2D eigenvalue weighted by atomic mass is 16.6. The fourth-order valence-electron chi connectivity index (χ4n) is 4.87. The van der Waals surface area contributed by atoms with Crippen molar-refractivity contribution < 1.29 is 23.8 Å². The third-order valence-corrected chi connectivity index (χ3v) is 6.62. The number of rotatable bonds is 5. The van der Waals surface area contributed by atoms with E-state index in [-0.39, 0.29) is 36.2 Å². The fraction of sp³-hybridized carbons (Fsp3) is 0.391. The summed E-state index contributed by atoms with van der Waals surface area (Å²) < 4.78 is 17.8. The number of nitrogens with one attached hydrogen (secondary N) is 1. The summed E-state index contributed by atoms with van der Waals surface area (Å²) in [6.45, 7) is 2.15. The van der Waals surface area contributed by atoms with Crippen molar-refractivity contribution in [2.24, 2.45) is 0 Å². The van der Waals surface area contributed by atoms with E-state index in [1.807, 2.05) is 0 Å². The summed E-state index contributed by atoms with van der Waals surface area (Å²) in [7, 11) is 1.48. The van der Waals surface area contributed by atoms with Gasteiger partial charge in [-0.3, -0.25) is 24.0 Å². The maximum absolute atomic E-state index is 12.8. The van der Waals surface area contributed by atoms with Crippen LogP contribution in [0.1, 0.15) is 6.42 Å². The molecule has 3 aromatic heterocycles. The van der Waals surface area contributed by atoms with E-state index < -0.39 is 6.09 Å². The van der Waals surface area contributed by atoms with Gasteiger partial charge in [0.2, 0.25) is 0 Å². The van der Waals surface area contributed by atoms with Gasteiger partial charge in [0.15, 0.2) is 18.2 Å². The highest BCUT2D eigenvalue weighted by Gasteiger charge is 2.46. The number of carbonyl (C=O) groups is 2. The minimum absolute atomic E-state index is 0.0638. The first-order valence-corrected chi connectivity index (χ1v) is 11.6. The molecule has 2 fully saturated rings. The molecule has 3 aromatic rings. The number of likely N-dealkylation sites (tertiary alicyclic amines) is 1. The largest absolute Gasteiger partial charge is 0.480 e. The molecule has 1 N–H and O–H groups in total. The number of carbonyl (C=O) groups excluding carboxylic acids is 2. The molecule has 0 unspecified atom stereocenters. The summed E-state index contributed by atoms with van der Waals surface area (Å²) >= 11 is 0. The third-order valence-electron chi connectivity index (χ3n) is 6.62. The van der Waals surface area contributed by atoms with E-state index in [2.05, 4.69) is 25.2 Å². The lowest BCUT2D eigenvalue weighted by Crippen LogP contribution is -2.50. The molecule has 186 valence electrons. The molecule has 6 rings (SSSR count). The number of pyridine rings is 2. The molecule has 13 nitrogen and oxygen atoms in total. The van der Waals surface area contributed by atoms with Crippen LogP contribution in [-0.4, -0.2) is 81.9 Å². The van der Waals surface area contributed by atoms with Crippen molar-refractivity contribution in [2.75, 3.05) is 43.6 Å². The number of fused-ring (bicyclic) bond motifs is 3. The van der Waals surface area contributed by atoms with Gasteiger partial charge in [-0.1, -0.05) is 0 Å². The van der Waals surface area contributed by atoms with Crippen molar-refractivity contribution in [1.29, 1.82) is 0 Å². The topological polar surface area (TPSA) is 141 Å². The van der Waals surface area contributed by atoms with E-state index in [4.69, 9.17) is 14.2 Å². The van der Waals surface area contributed by atoms with Crippen LogP contribution >= 0.6 is 0 Å². The monoisotopic (exact) mass is 493 g/mol. The number of piperidine rings is 1. The lowest BCUT2D eigenvalue weighted by atomic mass is 10.0. The Labute approximate surface area is 204 Å². The van der Waals surface area contributed by atoms with E-state index in [9.17, 15) is 14.4 Å². The number of hydrogen-bond acceptors (Lipinski definition) is 10. The molecule has 2 atom stereocenters. The maximum Gasteiger partial charge on any atom is 0.416 e. The fourth-order valence-corrected chi connectivity index (χ4v) is 4.87. The zero-order valence-corrected chi connectivity index (χ0v) is 19.4. The molecular formula is C23H23N7O6. The van der Waals surface area contributed by atoms with Crippen molar-refractivity contribution in [3.8, 4) is 11.8 Å². The van der Waals surface area contributed by atoms with Gasteiger partial charge in [-0.2, -0.15) is 4.98 Å². The third kappa shape index (κ3) is 3.86. The van der Waals surface area contributed by atoms with Crippen molar-refractivity contribution in [3.05, 3.63) is 40.8 Å². The average Bonchev–Trinajstić information content (AvgIpc) is 3.22. The van der Waals surface area contributed by atoms with E-state index >= 15 is 0 Å². The van der Waals surface area contributed by atoms with Crippen molar-refractivity contribution >= 4 is 34.7 Å². The first-order chi connectivity index (χ1) is 17.5. The lowest BCUT2D eigenvalue weighted by Gasteiger charge is -2.35. The SMILES string of the molecule is COc1ncc2ccc(=O)n(CCN3CC[C@@H]4[C@@H](C3)OC(=O)N4c3ccc4c(n3)NC(=O)CO4)c2n1. The number of anilines is 2. The van der Waals surface area contributed by atoms with Crippen LogP contribution in [0.3, 0.4) is 0 Å². The summed E-state index contributed by atoms with van der Waals surface area (Å²) in [5.41, 5.74) is 0.350. The van der Waals surface area contributed by atoms with E-state index in [1.54, 1.807) is 33.9 Å². The molecule has 0 aliphatic carbocycles. The number of amides is 2. The molecule has 13 heteroatoms. The van der Waals surface area contributed by atoms with Gasteiger partial charge in [0, 0.05) is 43.8 Å². The van der Waals surface area contributed by atoms with Gasteiger partial charge < -0.3 is 19.5 Å². The quantitative estimate of drug-likeness (QED) is 0.538. The van der Waals surface area contributed by atoms with E-state index in [1.165, 1.54) is 13.2 Å². The normalized spacial score (nSPS) is 21.4. The van der Waals surface area contributed by atoms with Crippen LogP contribution in [0.15, 0.2) is 35.3 Å². The van der Waals surface area contributed by atoms with Gasteiger partial charge in [0.25, 0.3) is 11.5 Å². The summed E-state index contributed by atoms with van der Waals surface area (Å²) in [6, 6.07) is 6.58. The second kappa shape index (κ2) is 8.75. The molecule has 0 spiro atoms. The van der Waals surface area contributed by atoms with Crippen LogP contribution in [0.25, 0.3) is 11.0 Å². The average molecular weight is 493 g/mol. The van der Waals surface area contributed by atoms with Crippen molar-refractivity contribution in [2.45, 2.75) is 25.1 Å². The molecule has 0 saturated carbocycles. The summed E-state index contributed by atoms with van der Waals surface area (Å²) in [5, 5.41) is 3.41. The Bertz CT molecular complexity index is 1430. The van der Waals surface area contributed by atoms with Gasteiger partial charge in [-0.15, -0.1) is 0 Å². The standard InChI is InChI=1S/C23H23N7O6/c1-34-22-24-10-13-2-5-19(32)29(21(13)27-22)9-8-28-7-6-14-16(11-28)36-23(33)30(14)17-4-3-15-20(25-17)26-18(31)12-35-15/h2-5,10,14,16H,6-9,11-12H2,1H3,(H,25,26,31)/t14-,16-/m1/s1. The zero-order valence-electron chi connectivity index (χ0n) is 19.4. The molecule has 2 amide bonds. The van der Waals surface area contributed by atoms with E-state index in [0.717, 1.165) is 5.39 Å². The molecule has 0 bridgehead atoms. The smallest absolute Gasteiger partial charge is 0.416 e. The van der Waals surface area contributed by atoms with Crippen LogP contribution in [0.5, 0.6) is 11.8 Å². The Hall–Kier alpha value is -4.26. The van der Waals surface area contributed by atoms with Gasteiger partial charge in [0.05, 0.1) is 13.2 Å². The maximum atomic E-state index is 12.8. The number of hydrogen-bond donors (Lipinski definition) is 1. The zero-order chi connectivity index (χ0) is 24.8. The first kappa shape index (κ1) is 22.2. The molecule has 6 heterocycles. The Morgan fingerprint density at radius 2 is 2.03 bits per heavy atom. The molecule has 3 aliphatic rings. The molecule has 2 saturated heterocycles. The Morgan fingerprint density at radius 1 is 1.14 bits per heavy atom. The van der Waals surface area contributed by atoms with Crippen LogP contribution < -0.4 is 25.2 Å². The number of aromatic nitrogens is 4. The van der Waals surface area contributed by atoms with Crippen molar-refractivity contribution in [3.63, 3.8) is 0 Å².